The minimum atomic E-state index is -1.08. The zero-order valence-electron chi connectivity index (χ0n) is 11.6. The molecule has 0 heterocycles. The van der Waals surface area contributed by atoms with E-state index in [1.54, 1.807) is 13.0 Å². The molecule has 7 heteroatoms. The Labute approximate surface area is 133 Å². The molecule has 0 bridgehead atoms. The molecular formula is C14H15Cl2NO4. The normalized spacial score (nSPS) is 11.2. The standard InChI is InChI=1S/C12H13NO4.C2H2Cl2/c1-3-17-12(16)10(5-4-8-13)7-6-9(2)11(14)15;1-2(3)4/h4-7H,3H2,1-2H3,(H,14,15);1H2. The minimum absolute atomic E-state index is 0.0807. The van der Waals surface area contributed by atoms with Crippen molar-refractivity contribution in [1.29, 1.82) is 5.26 Å². The van der Waals surface area contributed by atoms with Crippen LogP contribution in [0.2, 0.25) is 0 Å². The number of nitrogens with zero attached hydrogens (tertiary/aromatic N) is 1. The van der Waals surface area contributed by atoms with Crippen LogP contribution in [0.25, 0.3) is 0 Å². The quantitative estimate of drug-likeness (QED) is 0.360. The molecule has 0 aliphatic rings. The van der Waals surface area contributed by atoms with Gasteiger partial charge in [0.1, 0.15) is 0 Å². The largest absolute Gasteiger partial charge is 0.478 e. The lowest BCUT2D eigenvalue weighted by molar-refractivity contribution is -0.138. The Bertz CT molecular complexity index is 510. The van der Waals surface area contributed by atoms with E-state index in [2.05, 4.69) is 6.58 Å². The number of allylic oxidation sites excluding steroid dienone is 3. The van der Waals surface area contributed by atoms with Crippen LogP contribution in [0.5, 0.6) is 0 Å². The average Bonchev–Trinajstić information content (AvgIpc) is 2.37. The number of carbonyl (C=O) groups is 2. The highest BCUT2D eigenvalue weighted by Gasteiger charge is 2.06. The average molecular weight is 332 g/mol. The van der Waals surface area contributed by atoms with Crippen LogP contribution in [-0.4, -0.2) is 23.7 Å². The predicted octanol–water partition coefficient (Wildman–Crippen LogP) is 3.52. The van der Waals surface area contributed by atoms with Crippen molar-refractivity contribution in [3.8, 4) is 6.07 Å². The van der Waals surface area contributed by atoms with Gasteiger partial charge in [-0.1, -0.05) is 35.9 Å². The molecule has 0 atom stereocenters. The van der Waals surface area contributed by atoms with Gasteiger partial charge in [0, 0.05) is 11.6 Å². The van der Waals surface area contributed by atoms with E-state index in [1.165, 1.54) is 25.2 Å². The molecule has 0 spiro atoms. The van der Waals surface area contributed by atoms with E-state index >= 15 is 0 Å². The number of nitriles is 1. The zero-order valence-corrected chi connectivity index (χ0v) is 13.1. The van der Waals surface area contributed by atoms with Gasteiger partial charge in [-0.15, -0.1) is 0 Å². The molecule has 21 heavy (non-hydrogen) atoms. The Balaban J connectivity index is 0. The minimum Gasteiger partial charge on any atom is -0.478 e. The Kier molecular flexibility index (Phi) is 13.1. The molecule has 5 nitrogen and oxygen atoms in total. The summed E-state index contributed by atoms with van der Waals surface area (Å²) in [5.41, 5.74) is 0.200. The first-order valence-corrected chi connectivity index (χ1v) is 6.36. The fourth-order valence-corrected chi connectivity index (χ4v) is 0.819. The van der Waals surface area contributed by atoms with E-state index in [0.717, 1.165) is 6.08 Å². The van der Waals surface area contributed by atoms with Gasteiger partial charge in [-0.05, 0) is 26.0 Å². The van der Waals surface area contributed by atoms with Gasteiger partial charge in [-0.25, -0.2) is 9.59 Å². The molecule has 114 valence electrons. The highest BCUT2D eigenvalue weighted by molar-refractivity contribution is 6.55. The van der Waals surface area contributed by atoms with Gasteiger partial charge in [-0.3, -0.25) is 0 Å². The van der Waals surface area contributed by atoms with Gasteiger partial charge in [-0.2, -0.15) is 5.26 Å². The summed E-state index contributed by atoms with van der Waals surface area (Å²) in [7, 11) is 0. The molecule has 0 rings (SSSR count). The molecule has 0 saturated heterocycles. The number of ether oxygens (including phenoxy) is 1. The van der Waals surface area contributed by atoms with Crippen LogP contribution in [0, 0.1) is 11.3 Å². The van der Waals surface area contributed by atoms with Crippen molar-refractivity contribution in [3.63, 3.8) is 0 Å². The molecule has 0 aliphatic carbocycles. The van der Waals surface area contributed by atoms with Gasteiger partial charge >= 0.3 is 11.9 Å². The molecular weight excluding hydrogens is 317 g/mol. The summed E-state index contributed by atoms with van der Waals surface area (Å²) in [4.78, 5) is 21.9. The van der Waals surface area contributed by atoms with Crippen molar-refractivity contribution in [2.75, 3.05) is 6.61 Å². The lowest BCUT2D eigenvalue weighted by Crippen LogP contribution is -2.06. The molecule has 0 saturated carbocycles. The second kappa shape index (κ2) is 13.0. The number of carboxylic acids is 1. The van der Waals surface area contributed by atoms with Gasteiger partial charge in [0.15, 0.2) is 0 Å². The maximum atomic E-state index is 11.4. The van der Waals surface area contributed by atoms with Crippen molar-refractivity contribution in [1.82, 2.24) is 0 Å². The molecule has 0 fully saturated rings. The maximum absolute atomic E-state index is 11.4. The Morgan fingerprint density at radius 2 is 1.90 bits per heavy atom. The third-order valence-corrected chi connectivity index (χ3v) is 1.70. The van der Waals surface area contributed by atoms with Crippen LogP contribution in [0.1, 0.15) is 13.8 Å². The summed E-state index contributed by atoms with van der Waals surface area (Å²) >= 11 is 9.69. The first-order chi connectivity index (χ1) is 9.76. The summed E-state index contributed by atoms with van der Waals surface area (Å²) in [6.07, 6.45) is 4.96. The van der Waals surface area contributed by atoms with Crippen molar-refractivity contribution in [3.05, 3.63) is 46.5 Å². The number of halogens is 2. The fourth-order valence-electron chi connectivity index (χ4n) is 0.819. The fraction of sp³-hybridized carbons (Fsp3) is 0.214. The molecule has 0 aromatic rings. The van der Waals surface area contributed by atoms with Gasteiger partial charge < -0.3 is 9.84 Å². The SMILES string of the molecule is C=C(Cl)Cl.CCOC(=O)C(C=CC#N)=CC=C(C)C(=O)O. The molecule has 0 aromatic heterocycles. The van der Waals surface area contributed by atoms with Gasteiger partial charge in [0.05, 0.1) is 22.7 Å². The number of carbonyl (C=O) groups excluding carboxylic acids is 1. The Morgan fingerprint density at radius 1 is 1.38 bits per heavy atom. The third-order valence-electron chi connectivity index (χ3n) is 1.70. The molecule has 0 aliphatic heterocycles. The summed E-state index contributed by atoms with van der Waals surface area (Å²) < 4.78 is 4.86. The molecule has 0 unspecified atom stereocenters. The van der Waals surface area contributed by atoms with Gasteiger partial charge in [0.25, 0.3) is 0 Å². The second-order valence-corrected chi connectivity index (χ2v) is 4.40. The lowest BCUT2D eigenvalue weighted by atomic mass is 10.2. The van der Waals surface area contributed by atoms with E-state index in [0.29, 0.717) is 0 Å². The molecule has 1 N–H and O–H groups in total. The van der Waals surface area contributed by atoms with Crippen LogP contribution in [0.4, 0.5) is 0 Å². The van der Waals surface area contributed by atoms with Crippen LogP contribution < -0.4 is 0 Å². The predicted molar refractivity (Wildman–Crippen MR) is 81.7 cm³/mol. The number of carboxylic acid groups (broad SMARTS) is 1. The van der Waals surface area contributed by atoms with E-state index in [1.807, 2.05) is 0 Å². The van der Waals surface area contributed by atoms with E-state index in [4.69, 9.17) is 38.3 Å². The topological polar surface area (TPSA) is 87.4 Å². The number of aliphatic carboxylic acids is 1. The third kappa shape index (κ3) is 14.2. The van der Waals surface area contributed by atoms with E-state index < -0.39 is 11.9 Å². The first kappa shape index (κ1) is 21.3. The Morgan fingerprint density at radius 3 is 2.29 bits per heavy atom. The monoisotopic (exact) mass is 331 g/mol. The van der Waals surface area contributed by atoms with Crippen LogP contribution in [-0.2, 0) is 14.3 Å². The second-order valence-electron chi connectivity index (χ2n) is 3.30. The smallest absolute Gasteiger partial charge is 0.338 e. The highest BCUT2D eigenvalue weighted by Crippen LogP contribution is 2.03. The number of hydrogen-bond acceptors (Lipinski definition) is 4. The van der Waals surface area contributed by atoms with E-state index in [9.17, 15) is 9.59 Å². The molecule has 0 radical (unpaired) electrons. The van der Waals surface area contributed by atoms with Crippen LogP contribution >= 0.6 is 23.2 Å². The van der Waals surface area contributed by atoms with Crippen molar-refractivity contribution in [2.24, 2.45) is 0 Å². The van der Waals surface area contributed by atoms with Gasteiger partial charge in [0.2, 0.25) is 0 Å². The molecule has 0 aromatic carbocycles. The lowest BCUT2D eigenvalue weighted by Gasteiger charge is -2.00. The van der Waals surface area contributed by atoms with Crippen molar-refractivity contribution < 1.29 is 19.4 Å². The number of rotatable bonds is 5. The van der Waals surface area contributed by atoms with Crippen LogP contribution in [0.3, 0.4) is 0 Å². The Hall–Kier alpha value is -2.03. The summed E-state index contributed by atoms with van der Waals surface area (Å²) in [6, 6.07) is 1.74. The maximum Gasteiger partial charge on any atom is 0.338 e. The number of esters is 1. The number of hydrogen-bond donors (Lipinski definition) is 1. The highest BCUT2D eigenvalue weighted by atomic mass is 35.5. The summed E-state index contributed by atoms with van der Waals surface area (Å²) in [6.45, 7) is 6.35. The zero-order chi connectivity index (χ0) is 16.8. The van der Waals surface area contributed by atoms with E-state index in [-0.39, 0.29) is 22.2 Å². The first-order valence-electron chi connectivity index (χ1n) is 5.61. The molecule has 0 amide bonds. The van der Waals surface area contributed by atoms with Crippen molar-refractivity contribution >= 4 is 35.1 Å². The van der Waals surface area contributed by atoms with Crippen LogP contribution in [0.15, 0.2) is 46.5 Å². The summed E-state index contributed by atoms with van der Waals surface area (Å²) in [5, 5.41) is 17.0. The summed E-state index contributed by atoms with van der Waals surface area (Å²) in [5.74, 6) is -1.68. The van der Waals surface area contributed by atoms with Crippen molar-refractivity contribution in [2.45, 2.75) is 13.8 Å².